The van der Waals surface area contributed by atoms with Crippen LogP contribution in [0.3, 0.4) is 0 Å². The predicted octanol–water partition coefficient (Wildman–Crippen LogP) is 3.45. The predicted molar refractivity (Wildman–Crippen MR) is 115 cm³/mol. The lowest BCUT2D eigenvalue weighted by Gasteiger charge is -2.39. The second-order valence-electron chi connectivity index (χ2n) is 7.64. The number of hydrogen-bond donors (Lipinski definition) is 1. The van der Waals surface area contributed by atoms with Crippen molar-refractivity contribution in [3.63, 3.8) is 0 Å². The number of aryl methyl sites for hydroxylation is 2. The molecule has 8 heteroatoms. The van der Waals surface area contributed by atoms with Crippen molar-refractivity contribution in [2.75, 3.05) is 4.90 Å². The van der Waals surface area contributed by atoms with E-state index in [2.05, 4.69) is 15.3 Å². The maximum Gasteiger partial charge on any atom is 0.335 e. The molecule has 3 heterocycles. The molecule has 1 aliphatic rings. The molecular formula is C24H21FN4O3. The highest BCUT2D eigenvalue weighted by Gasteiger charge is 2.53. The Morgan fingerprint density at radius 3 is 1.88 bits per heavy atom. The van der Waals surface area contributed by atoms with Crippen LogP contribution in [0.25, 0.3) is 0 Å². The van der Waals surface area contributed by atoms with E-state index in [1.165, 1.54) is 24.3 Å². The summed E-state index contributed by atoms with van der Waals surface area (Å²) >= 11 is 0. The van der Waals surface area contributed by atoms with Crippen LogP contribution in [0.4, 0.5) is 14.9 Å². The van der Waals surface area contributed by atoms with E-state index in [9.17, 15) is 18.8 Å². The lowest BCUT2D eigenvalue weighted by Crippen LogP contribution is -2.64. The van der Waals surface area contributed by atoms with Crippen LogP contribution in [-0.2, 0) is 22.4 Å². The van der Waals surface area contributed by atoms with Gasteiger partial charge in [0, 0.05) is 24.8 Å². The van der Waals surface area contributed by atoms with Crippen LogP contribution in [-0.4, -0.2) is 27.8 Å². The molecule has 2 aromatic heterocycles. The minimum atomic E-state index is -1.54. The number of nitrogens with one attached hydrogen (secondary N) is 1. The average Bonchev–Trinajstić information content (AvgIpc) is 2.81. The van der Waals surface area contributed by atoms with Gasteiger partial charge in [-0.25, -0.2) is 14.1 Å². The maximum atomic E-state index is 14.5. The molecule has 4 amide bonds. The van der Waals surface area contributed by atoms with Crippen molar-refractivity contribution in [1.82, 2.24) is 15.3 Å². The summed E-state index contributed by atoms with van der Waals surface area (Å²) in [5.74, 6) is -2.11. The van der Waals surface area contributed by atoms with Gasteiger partial charge in [-0.05, 0) is 73.2 Å². The fourth-order valence-electron chi connectivity index (χ4n) is 3.91. The molecule has 4 rings (SSSR count). The number of carbonyl (C=O) groups excluding carboxylic acids is 3. The molecular weight excluding hydrogens is 411 g/mol. The van der Waals surface area contributed by atoms with Crippen LogP contribution in [0.1, 0.15) is 24.0 Å². The summed E-state index contributed by atoms with van der Waals surface area (Å²) in [6.07, 6.45) is 7.69. The van der Waals surface area contributed by atoms with Crippen molar-refractivity contribution < 1.29 is 18.8 Å². The van der Waals surface area contributed by atoms with Crippen molar-refractivity contribution >= 4 is 23.5 Å². The van der Waals surface area contributed by atoms with Gasteiger partial charge in [0.05, 0.1) is 5.69 Å². The Morgan fingerprint density at radius 2 is 1.34 bits per heavy atom. The number of nitrogens with zero attached hydrogens (tertiary/aromatic N) is 3. The third-order valence-electron chi connectivity index (χ3n) is 5.74. The lowest BCUT2D eigenvalue weighted by molar-refractivity contribution is -0.143. The Hall–Kier alpha value is -3.94. The molecule has 0 bridgehead atoms. The first-order chi connectivity index (χ1) is 15.5. The molecule has 0 saturated carbocycles. The highest BCUT2D eigenvalue weighted by atomic mass is 19.1. The van der Waals surface area contributed by atoms with Gasteiger partial charge in [-0.1, -0.05) is 12.1 Å². The van der Waals surface area contributed by atoms with Gasteiger partial charge in [0.1, 0.15) is 11.2 Å². The fraction of sp³-hybridized carbons (Fsp3) is 0.208. The summed E-state index contributed by atoms with van der Waals surface area (Å²) in [7, 11) is 0. The number of anilines is 1. The Labute approximate surface area is 184 Å². The number of amides is 4. The summed E-state index contributed by atoms with van der Waals surface area (Å²) in [6.45, 7) is 0. The maximum absolute atomic E-state index is 14.5. The van der Waals surface area contributed by atoms with Gasteiger partial charge >= 0.3 is 6.03 Å². The zero-order valence-electron chi connectivity index (χ0n) is 17.2. The third kappa shape index (κ3) is 4.12. The number of aromatic nitrogens is 2. The van der Waals surface area contributed by atoms with Crippen molar-refractivity contribution in [2.24, 2.45) is 5.41 Å². The first-order valence-corrected chi connectivity index (χ1v) is 10.2. The summed E-state index contributed by atoms with van der Waals surface area (Å²) in [5.41, 5.74) is 0.0825. The lowest BCUT2D eigenvalue weighted by atomic mass is 9.74. The molecule has 0 aliphatic carbocycles. The van der Waals surface area contributed by atoms with Gasteiger partial charge in [-0.3, -0.25) is 24.9 Å². The standard InChI is InChI=1S/C24H21FN4O3/c25-19-3-1-2-4-20(19)29-22(31)24(21(30)28-23(29)32,11-5-17-7-13-26-14-8-17)12-6-18-9-15-27-16-10-18/h1-4,7-10,13-16H,5-6,11-12H2,(H,28,30,32). The minimum absolute atomic E-state index is 0.158. The smallest absolute Gasteiger partial charge is 0.276 e. The number of benzene rings is 1. The summed E-state index contributed by atoms with van der Waals surface area (Å²) in [4.78, 5) is 48.2. The molecule has 1 aromatic carbocycles. The topological polar surface area (TPSA) is 92.3 Å². The molecule has 0 radical (unpaired) electrons. The summed E-state index contributed by atoms with van der Waals surface area (Å²) in [5, 5.41) is 2.28. The number of para-hydroxylation sites is 1. The van der Waals surface area contributed by atoms with Crippen molar-refractivity contribution in [3.8, 4) is 0 Å². The molecule has 3 aromatic rings. The number of barbiturate groups is 1. The molecule has 32 heavy (non-hydrogen) atoms. The number of imide groups is 2. The quantitative estimate of drug-likeness (QED) is 0.578. The summed E-state index contributed by atoms with van der Waals surface area (Å²) < 4.78 is 14.5. The summed E-state index contributed by atoms with van der Waals surface area (Å²) in [6, 6.07) is 11.8. The zero-order chi connectivity index (χ0) is 22.6. The van der Waals surface area contributed by atoms with Crippen LogP contribution in [0.15, 0.2) is 73.3 Å². The van der Waals surface area contributed by atoms with Crippen LogP contribution in [0.5, 0.6) is 0 Å². The van der Waals surface area contributed by atoms with Gasteiger partial charge in [0.2, 0.25) is 5.91 Å². The monoisotopic (exact) mass is 432 g/mol. The second kappa shape index (κ2) is 9.05. The first kappa shape index (κ1) is 21.3. The van der Waals surface area contributed by atoms with E-state index in [1.807, 2.05) is 24.3 Å². The highest BCUT2D eigenvalue weighted by molar-refractivity contribution is 6.30. The van der Waals surface area contributed by atoms with Gasteiger partial charge in [-0.15, -0.1) is 0 Å². The number of rotatable bonds is 7. The van der Waals surface area contributed by atoms with E-state index >= 15 is 0 Å². The van der Waals surface area contributed by atoms with Crippen molar-refractivity contribution in [3.05, 3.63) is 90.3 Å². The van der Waals surface area contributed by atoms with Crippen LogP contribution >= 0.6 is 0 Å². The second-order valence-corrected chi connectivity index (χ2v) is 7.64. The van der Waals surface area contributed by atoms with Gasteiger partial charge in [0.25, 0.3) is 5.91 Å². The van der Waals surface area contributed by atoms with E-state index in [0.717, 1.165) is 16.0 Å². The Balaban J connectivity index is 1.71. The third-order valence-corrected chi connectivity index (χ3v) is 5.74. The Kier molecular flexibility index (Phi) is 6.02. The van der Waals surface area contributed by atoms with Crippen molar-refractivity contribution in [1.29, 1.82) is 0 Å². The number of pyridine rings is 2. The molecule has 0 atom stereocenters. The van der Waals surface area contributed by atoms with E-state index in [1.54, 1.807) is 24.8 Å². The van der Waals surface area contributed by atoms with E-state index < -0.39 is 29.1 Å². The molecule has 0 unspecified atom stereocenters. The van der Waals surface area contributed by atoms with Gasteiger partial charge < -0.3 is 0 Å². The number of urea groups is 1. The van der Waals surface area contributed by atoms with Crippen molar-refractivity contribution in [2.45, 2.75) is 25.7 Å². The SMILES string of the molecule is O=C1NC(=O)C(CCc2ccncc2)(CCc2ccncc2)C(=O)N1c1ccccc1F. The fourth-order valence-corrected chi connectivity index (χ4v) is 3.91. The minimum Gasteiger partial charge on any atom is -0.276 e. The molecule has 1 saturated heterocycles. The molecule has 7 nitrogen and oxygen atoms in total. The Bertz CT molecular complexity index is 1090. The first-order valence-electron chi connectivity index (χ1n) is 10.2. The normalized spacial score (nSPS) is 15.5. The molecule has 162 valence electrons. The zero-order valence-corrected chi connectivity index (χ0v) is 17.2. The number of halogens is 1. The van der Waals surface area contributed by atoms with E-state index in [4.69, 9.17) is 0 Å². The molecule has 1 fully saturated rings. The number of carbonyl (C=O) groups is 3. The highest BCUT2D eigenvalue weighted by Crippen LogP contribution is 2.38. The van der Waals surface area contributed by atoms with E-state index in [-0.39, 0.29) is 18.5 Å². The molecule has 1 aliphatic heterocycles. The molecule has 1 N–H and O–H groups in total. The van der Waals surface area contributed by atoms with Gasteiger partial charge in [0.15, 0.2) is 0 Å². The Morgan fingerprint density at radius 1 is 0.812 bits per heavy atom. The van der Waals surface area contributed by atoms with Gasteiger partial charge in [-0.2, -0.15) is 0 Å². The van der Waals surface area contributed by atoms with Crippen LogP contribution in [0, 0.1) is 11.2 Å². The van der Waals surface area contributed by atoms with E-state index in [0.29, 0.717) is 12.8 Å². The average molecular weight is 432 g/mol. The largest absolute Gasteiger partial charge is 0.335 e. The van der Waals surface area contributed by atoms with Crippen LogP contribution in [0.2, 0.25) is 0 Å². The number of hydrogen-bond acceptors (Lipinski definition) is 5. The van der Waals surface area contributed by atoms with Crippen LogP contribution < -0.4 is 10.2 Å². The molecule has 0 spiro atoms.